The van der Waals surface area contributed by atoms with Gasteiger partial charge in [0.1, 0.15) is 0 Å². The SMILES string of the molecule is CCOC(=O)CCCC(C)OCC. The zero-order valence-electron chi connectivity index (χ0n) is 8.84. The maximum atomic E-state index is 10.9. The fourth-order valence-electron chi connectivity index (χ4n) is 1.13. The van der Waals surface area contributed by atoms with Gasteiger partial charge in [0.05, 0.1) is 12.7 Å². The molecule has 0 spiro atoms. The number of ether oxygens (including phenoxy) is 2. The van der Waals surface area contributed by atoms with Gasteiger partial charge in [-0.05, 0) is 33.6 Å². The second-order valence-corrected chi connectivity index (χ2v) is 2.96. The van der Waals surface area contributed by atoms with E-state index in [1.807, 2.05) is 20.8 Å². The molecule has 0 heterocycles. The monoisotopic (exact) mass is 188 g/mol. The quantitative estimate of drug-likeness (QED) is 0.574. The number of rotatable bonds is 7. The van der Waals surface area contributed by atoms with Crippen molar-refractivity contribution in [2.45, 2.75) is 46.1 Å². The lowest BCUT2D eigenvalue weighted by Crippen LogP contribution is -2.09. The third-order valence-electron chi connectivity index (χ3n) is 1.75. The van der Waals surface area contributed by atoms with Gasteiger partial charge >= 0.3 is 5.97 Å². The maximum Gasteiger partial charge on any atom is 0.305 e. The van der Waals surface area contributed by atoms with E-state index in [1.54, 1.807) is 0 Å². The summed E-state index contributed by atoms with van der Waals surface area (Å²) < 4.78 is 10.1. The van der Waals surface area contributed by atoms with Gasteiger partial charge in [0.2, 0.25) is 0 Å². The Hall–Kier alpha value is -0.570. The highest BCUT2D eigenvalue weighted by atomic mass is 16.5. The number of carbonyl (C=O) groups excluding carboxylic acids is 1. The van der Waals surface area contributed by atoms with Crippen molar-refractivity contribution in [3.05, 3.63) is 0 Å². The van der Waals surface area contributed by atoms with Gasteiger partial charge in [-0.3, -0.25) is 4.79 Å². The zero-order valence-corrected chi connectivity index (χ0v) is 8.84. The van der Waals surface area contributed by atoms with Gasteiger partial charge in [0.15, 0.2) is 0 Å². The van der Waals surface area contributed by atoms with Crippen LogP contribution in [0.1, 0.15) is 40.0 Å². The first kappa shape index (κ1) is 12.4. The van der Waals surface area contributed by atoms with Crippen LogP contribution in [0.3, 0.4) is 0 Å². The van der Waals surface area contributed by atoms with E-state index in [2.05, 4.69) is 0 Å². The number of carbonyl (C=O) groups is 1. The predicted octanol–water partition coefficient (Wildman–Crippen LogP) is 2.14. The molecule has 0 aromatic rings. The standard InChI is InChI=1S/C10H20O3/c1-4-12-9(3)7-6-8-10(11)13-5-2/h9H,4-8H2,1-3H3. The molecular weight excluding hydrogens is 168 g/mol. The molecule has 0 fully saturated rings. The first-order valence-electron chi connectivity index (χ1n) is 4.97. The van der Waals surface area contributed by atoms with Crippen LogP contribution in [0, 0.1) is 0 Å². The Kier molecular flexibility index (Phi) is 7.69. The summed E-state index contributed by atoms with van der Waals surface area (Å²) in [6.45, 7) is 7.03. The van der Waals surface area contributed by atoms with Crippen LogP contribution in [0.4, 0.5) is 0 Å². The molecule has 0 bridgehead atoms. The molecule has 0 radical (unpaired) electrons. The summed E-state index contributed by atoms with van der Waals surface area (Å²) in [6.07, 6.45) is 2.53. The lowest BCUT2D eigenvalue weighted by molar-refractivity contribution is -0.143. The Balaban J connectivity index is 3.28. The van der Waals surface area contributed by atoms with Crippen LogP contribution in [-0.2, 0) is 14.3 Å². The first-order chi connectivity index (χ1) is 6.20. The van der Waals surface area contributed by atoms with E-state index in [0.29, 0.717) is 13.0 Å². The van der Waals surface area contributed by atoms with E-state index in [4.69, 9.17) is 9.47 Å². The van der Waals surface area contributed by atoms with Gasteiger partial charge in [-0.1, -0.05) is 0 Å². The molecule has 78 valence electrons. The van der Waals surface area contributed by atoms with Crippen molar-refractivity contribution in [1.29, 1.82) is 0 Å². The average molecular weight is 188 g/mol. The van der Waals surface area contributed by atoms with Crippen molar-refractivity contribution in [2.75, 3.05) is 13.2 Å². The van der Waals surface area contributed by atoms with Crippen molar-refractivity contribution in [2.24, 2.45) is 0 Å². The van der Waals surface area contributed by atoms with Gasteiger partial charge in [-0.25, -0.2) is 0 Å². The highest BCUT2D eigenvalue weighted by Gasteiger charge is 2.04. The summed E-state index contributed by atoms with van der Waals surface area (Å²) in [6, 6.07) is 0. The van der Waals surface area contributed by atoms with Gasteiger partial charge < -0.3 is 9.47 Å². The Morgan fingerprint density at radius 2 is 2.00 bits per heavy atom. The van der Waals surface area contributed by atoms with E-state index < -0.39 is 0 Å². The number of hydrogen-bond donors (Lipinski definition) is 0. The average Bonchev–Trinajstić information content (AvgIpc) is 2.05. The fourth-order valence-corrected chi connectivity index (χ4v) is 1.13. The molecule has 3 nitrogen and oxygen atoms in total. The molecular formula is C10H20O3. The summed E-state index contributed by atoms with van der Waals surface area (Å²) in [5, 5.41) is 0. The molecule has 0 aliphatic rings. The van der Waals surface area contributed by atoms with Crippen molar-refractivity contribution in [3.8, 4) is 0 Å². The Labute approximate surface area is 80.4 Å². The number of esters is 1. The first-order valence-corrected chi connectivity index (χ1v) is 4.97. The minimum atomic E-state index is -0.105. The Morgan fingerprint density at radius 1 is 1.31 bits per heavy atom. The molecule has 0 rings (SSSR count). The highest BCUT2D eigenvalue weighted by molar-refractivity contribution is 5.69. The van der Waals surface area contributed by atoms with Crippen LogP contribution >= 0.6 is 0 Å². The van der Waals surface area contributed by atoms with E-state index in [0.717, 1.165) is 19.4 Å². The minimum absolute atomic E-state index is 0.105. The van der Waals surface area contributed by atoms with Crippen LogP contribution in [-0.4, -0.2) is 25.3 Å². The predicted molar refractivity (Wildman–Crippen MR) is 51.6 cm³/mol. The molecule has 0 N–H and O–H groups in total. The van der Waals surface area contributed by atoms with Crippen molar-refractivity contribution < 1.29 is 14.3 Å². The Bertz CT molecular complexity index is 134. The third-order valence-corrected chi connectivity index (χ3v) is 1.75. The highest BCUT2D eigenvalue weighted by Crippen LogP contribution is 2.04. The van der Waals surface area contributed by atoms with Gasteiger partial charge in [0.25, 0.3) is 0 Å². The van der Waals surface area contributed by atoms with Crippen LogP contribution in [0.25, 0.3) is 0 Å². The molecule has 0 saturated heterocycles. The molecule has 0 saturated carbocycles. The summed E-state index contributed by atoms with van der Waals surface area (Å²) in [5.74, 6) is -0.105. The van der Waals surface area contributed by atoms with Crippen LogP contribution in [0.15, 0.2) is 0 Å². The summed E-state index contributed by atoms with van der Waals surface area (Å²) in [4.78, 5) is 10.9. The lowest BCUT2D eigenvalue weighted by atomic mass is 10.2. The van der Waals surface area contributed by atoms with Gasteiger partial charge in [0, 0.05) is 13.0 Å². The van der Waals surface area contributed by atoms with Crippen LogP contribution < -0.4 is 0 Å². The summed E-state index contributed by atoms with van der Waals surface area (Å²) in [5.41, 5.74) is 0. The van der Waals surface area contributed by atoms with Crippen molar-refractivity contribution >= 4 is 5.97 Å². The largest absolute Gasteiger partial charge is 0.466 e. The van der Waals surface area contributed by atoms with Crippen LogP contribution in [0.5, 0.6) is 0 Å². The minimum Gasteiger partial charge on any atom is -0.466 e. The second-order valence-electron chi connectivity index (χ2n) is 2.96. The number of hydrogen-bond acceptors (Lipinski definition) is 3. The molecule has 0 aliphatic heterocycles. The zero-order chi connectivity index (χ0) is 10.1. The van der Waals surface area contributed by atoms with Crippen LogP contribution in [0.2, 0.25) is 0 Å². The topological polar surface area (TPSA) is 35.5 Å². The van der Waals surface area contributed by atoms with Crippen molar-refractivity contribution in [1.82, 2.24) is 0 Å². The maximum absolute atomic E-state index is 10.9. The molecule has 0 aliphatic carbocycles. The van der Waals surface area contributed by atoms with Crippen molar-refractivity contribution in [3.63, 3.8) is 0 Å². The molecule has 3 heteroatoms. The smallest absolute Gasteiger partial charge is 0.305 e. The Morgan fingerprint density at radius 3 is 2.54 bits per heavy atom. The fraction of sp³-hybridized carbons (Fsp3) is 0.900. The summed E-state index contributed by atoms with van der Waals surface area (Å²) >= 11 is 0. The molecule has 1 atom stereocenters. The van der Waals surface area contributed by atoms with E-state index in [1.165, 1.54) is 0 Å². The molecule has 13 heavy (non-hydrogen) atoms. The van der Waals surface area contributed by atoms with E-state index >= 15 is 0 Å². The lowest BCUT2D eigenvalue weighted by Gasteiger charge is -2.10. The van der Waals surface area contributed by atoms with E-state index in [9.17, 15) is 4.79 Å². The summed E-state index contributed by atoms with van der Waals surface area (Å²) in [7, 11) is 0. The molecule has 0 amide bonds. The molecule has 0 aromatic carbocycles. The second kappa shape index (κ2) is 8.05. The van der Waals surface area contributed by atoms with Gasteiger partial charge in [-0.15, -0.1) is 0 Å². The molecule has 1 unspecified atom stereocenters. The van der Waals surface area contributed by atoms with E-state index in [-0.39, 0.29) is 12.1 Å². The normalized spacial score (nSPS) is 12.5. The third kappa shape index (κ3) is 7.78. The van der Waals surface area contributed by atoms with Gasteiger partial charge in [-0.2, -0.15) is 0 Å². The molecule has 0 aromatic heterocycles.